The number of aryl methyl sites for hydroxylation is 3. The highest BCUT2D eigenvalue weighted by atomic mass is 19.1. The highest BCUT2D eigenvalue weighted by Crippen LogP contribution is 2.30. The van der Waals surface area contributed by atoms with Gasteiger partial charge in [-0.1, -0.05) is 0 Å². The Bertz CT molecular complexity index is 662. The molecule has 0 amide bonds. The van der Waals surface area contributed by atoms with E-state index in [0.29, 0.717) is 11.8 Å². The van der Waals surface area contributed by atoms with E-state index in [1.165, 1.54) is 25.0 Å². The Morgan fingerprint density at radius 2 is 2.14 bits per heavy atom. The van der Waals surface area contributed by atoms with Crippen molar-refractivity contribution in [3.63, 3.8) is 0 Å². The van der Waals surface area contributed by atoms with Gasteiger partial charge in [0.1, 0.15) is 11.6 Å². The maximum atomic E-state index is 13.2. The minimum absolute atomic E-state index is 0.253. The smallest absolute Gasteiger partial charge is 0.222 e. The number of halogens is 1. The lowest BCUT2D eigenvalue weighted by atomic mass is 10.2. The summed E-state index contributed by atoms with van der Waals surface area (Å²) in [6, 6.07) is 5.17. The van der Waals surface area contributed by atoms with Crippen molar-refractivity contribution in [1.82, 2.24) is 15.1 Å². The molecule has 0 atom stereocenters. The van der Waals surface area contributed by atoms with Gasteiger partial charge in [-0.05, 0) is 50.5 Å². The van der Waals surface area contributed by atoms with Gasteiger partial charge in [0.05, 0.1) is 11.3 Å². The molecule has 0 saturated heterocycles. The van der Waals surface area contributed by atoms with E-state index in [4.69, 9.17) is 4.74 Å². The van der Waals surface area contributed by atoms with Crippen molar-refractivity contribution in [1.29, 1.82) is 0 Å². The van der Waals surface area contributed by atoms with Crippen molar-refractivity contribution < 1.29 is 9.13 Å². The van der Waals surface area contributed by atoms with Gasteiger partial charge < -0.3 is 10.1 Å². The number of nitrogens with zero attached hydrogens (tertiary/aromatic N) is 2. The molecule has 0 spiro atoms. The molecule has 5 heteroatoms. The maximum absolute atomic E-state index is 13.2. The molecular weight excluding hydrogens is 269 g/mol. The number of ether oxygens (including phenoxy) is 1. The van der Waals surface area contributed by atoms with Gasteiger partial charge in [-0.25, -0.2) is 9.07 Å². The van der Waals surface area contributed by atoms with E-state index in [1.54, 1.807) is 10.7 Å². The topological polar surface area (TPSA) is 39.1 Å². The molecule has 1 N–H and O–H groups in total. The van der Waals surface area contributed by atoms with Gasteiger partial charge >= 0.3 is 0 Å². The maximum Gasteiger partial charge on any atom is 0.222 e. The molecule has 2 aromatic rings. The van der Waals surface area contributed by atoms with Crippen molar-refractivity contribution in [3.05, 3.63) is 40.8 Å². The van der Waals surface area contributed by atoms with E-state index < -0.39 is 0 Å². The molecule has 1 fully saturated rings. The molecule has 0 bridgehead atoms. The number of hydrogen-bond acceptors (Lipinski definition) is 3. The Hall–Kier alpha value is -1.88. The van der Waals surface area contributed by atoms with Crippen LogP contribution in [0, 0.1) is 19.7 Å². The molecule has 21 heavy (non-hydrogen) atoms. The lowest BCUT2D eigenvalue weighted by Gasteiger charge is -2.11. The molecule has 1 aliphatic rings. The van der Waals surface area contributed by atoms with Gasteiger partial charge in [-0.15, -0.1) is 0 Å². The SMILES string of the molecule is Cc1cc(F)ccc1Oc1c(CNC2CC2)c(C)nn1C. The molecule has 3 rings (SSSR count). The predicted molar refractivity (Wildman–Crippen MR) is 79.0 cm³/mol. The average molecular weight is 289 g/mol. The molecule has 0 radical (unpaired) electrons. The first-order chi connectivity index (χ1) is 10.0. The van der Waals surface area contributed by atoms with E-state index in [9.17, 15) is 4.39 Å². The number of benzene rings is 1. The highest BCUT2D eigenvalue weighted by Gasteiger charge is 2.23. The van der Waals surface area contributed by atoms with Gasteiger partial charge in [-0.3, -0.25) is 0 Å². The highest BCUT2D eigenvalue weighted by molar-refractivity contribution is 5.39. The Kier molecular flexibility index (Phi) is 3.68. The second-order valence-electron chi connectivity index (χ2n) is 5.66. The van der Waals surface area contributed by atoms with Crippen LogP contribution in [0.4, 0.5) is 4.39 Å². The van der Waals surface area contributed by atoms with Crippen LogP contribution in [0.3, 0.4) is 0 Å². The first-order valence-electron chi connectivity index (χ1n) is 7.24. The Balaban J connectivity index is 1.86. The van der Waals surface area contributed by atoms with E-state index in [0.717, 1.165) is 29.2 Å². The molecule has 1 saturated carbocycles. The predicted octanol–water partition coefficient (Wildman–Crippen LogP) is 3.22. The third-order valence-electron chi connectivity index (χ3n) is 3.78. The lowest BCUT2D eigenvalue weighted by Crippen LogP contribution is -2.16. The number of hydrogen-bond donors (Lipinski definition) is 1. The van der Waals surface area contributed by atoms with Crippen molar-refractivity contribution in [2.45, 2.75) is 39.3 Å². The van der Waals surface area contributed by atoms with Crippen molar-refractivity contribution >= 4 is 0 Å². The Labute approximate surface area is 123 Å². The fourth-order valence-corrected chi connectivity index (χ4v) is 2.38. The number of nitrogens with one attached hydrogen (secondary N) is 1. The second-order valence-corrected chi connectivity index (χ2v) is 5.66. The summed E-state index contributed by atoms with van der Waals surface area (Å²) in [5.41, 5.74) is 2.79. The summed E-state index contributed by atoms with van der Waals surface area (Å²) in [5, 5.41) is 7.91. The van der Waals surface area contributed by atoms with Gasteiger partial charge in [-0.2, -0.15) is 5.10 Å². The first kappa shape index (κ1) is 14.1. The summed E-state index contributed by atoms with van der Waals surface area (Å²) in [6.07, 6.45) is 2.49. The first-order valence-corrected chi connectivity index (χ1v) is 7.24. The zero-order chi connectivity index (χ0) is 15.0. The second kappa shape index (κ2) is 5.48. The minimum Gasteiger partial charge on any atom is -0.439 e. The van der Waals surface area contributed by atoms with Crippen LogP contribution in [-0.4, -0.2) is 15.8 Å². The Morgan fingerprint density at radius 1 is 1.38 bits per heavy atom. The standard InChI is InChI=1S/C16H20FN3O/c1-10-8-12(17)4-7-15(10)21-16-14(9-18-13-5-6-13)11(2)19-20(16)3/h4,7-8,13,18H,5-6,9H2,1-3H3. The van der Waals surface area contributed by atoms with Crippen LogP contribution in [0.25, 0.3) is 0 Å². The van der Waals surface area contributed by atoms with E-state index in [2.05, 4.69) is 10.4 Å². The van der Waals surface area contributed by atoms with Crippen LogP contribution in [-0.2, 0) is 13.6 Å². The van der Waals surface area contributed by atoms with Crippen molar-refractivity contribution in [3.8, 4) is 11.6 Å². The number of rotatable bonds is 5. The molecule has 1 aromatic carbocycles. The fraction of sp³-hybridized carbons (Fsp3) is 0.438. The quantitative estimate of drug-likeness (QED) is 0.918. The number of aromatic nitrogens is 2. The zero-order valence-corrected chi connectivity index (χ0v) is 12.6. The minimum atomic E-state index is -0.253. The zero-order valence-electron chi connectivity index (χ0n) is 12.6. The Morgan fingerprint density at radius 3 is 2.81 bits per heavy atom. The fourth-order valence-electron chi connectivity index (χ4n) is 2.38. The van der Waals surface area contributed by atoms with Crippen molar-refractivity contribution in [2.24, 2.45) is 7.05 Å². The van der Waals surface area contributed by atoms with Gasteiger partial charge in [0, 0.05) is 19.6 Å². The molecule has 1 aromatic heterocycles. The van der Waals surface area contributed by atoms with E-state index in [-0.39, 0.29) is 5.82 Å². The third-order valence-corrected chi connectivity index (χ3v) is 3.78. The third kappa shape index (κ3) is 3.08. The summed E-state index contributed by atoms with van der Waals surface area (Å²) >= 11 is 0. The molecule has 1 heterocycles. The van der Waals surface area contributed by atoms with Crippen molar-refractivity contribution in [2.75, 3.05) is 0 Å². The van der Waals surface area contributed by atoms with E-state index >= 15 is 0 Å². The van der Waals surface area contributed by atoms with Crippen LogP contribution in [0.2, 0.25) is 0 Å². The summed E-state index contributed by atoms with van der Waals surface area (Å²) in [7, 11) is 1.86. The van der Waals surface area contributed by atoms with E-state index in [1.807, 2.05) is 20.9 Å². The van der Waals surface area contributed by atoms with Crippen LogP contribution >= 0.6 is 0 Å². The largest absolute Gasteiger partial charge is 0.439 e. The monoisotopic (exact) mass is 289 g/mol. The van der Waals surface area contributed by atoms with Crippen LogP contribution in [0.5, 0.6) is 11.6 Å². The summed E-state index contributed by atoms with van der Waals surface area (Å²) < 4.78 is 20.9. The average Bonchev–Trinajstić information content (AvgIpc) is 3.19. The molecule has 112 valence electrons. The van der Waals surface area contributed by atoms with Crippen LogP contribution < -0.4 is 10.1 Å². The normalized spacial score (nSPS) is 14.5. The van der Waals surface area contributed by atoms with Gasteiger partial charge in [0.2, 0.25) is 5.88 Å². The molecule has 0 unspecified atom stereocenters. The van der Waals surface area contributed by atoms with Crippen LogP contribution in [0.1, 0.15) is 29.7 Å². The van der Waals surface area contributed by atoms with Crippen LogP contribution in [0.15, 0.2) is 18.2 Å². The molecule has 1 aliphatic carbocycles. The van der Waals surface area contributed by atoms with Gasteiger partial charge in [0.15, 0.2) is 0 Å². The molecular formula is C16H20FN3O. The molecule has 0 aliphatic heterocycles. The summed E-state index contributed by atoms with van der Waals surface area (Å²) in [4.78, 5) is 0. The lowest BCUT2D eigenvalue weighted by molar-refractivity contribution is 0.420. The summed E-state index contributed by atoms with van der Waals surface area (Å²) in [6.45, 7) is 4.57. The van der Waals surface area contributed by atoms with Gasteiger partial charge in [0.25, 0.3) is 0 Å². The molecule has 4 nitrogen and oxygen atoms in total. The summed E-state index contributed by atoms with van der Waals surface area (Å²) in [5.74, 6) is 1.12.